The molecule has 0 saturated carbocycles. The van der Waals surface area contributed by atoms with Gasteiger partial charge in [0.25, 0.3) is 0 Å². The molecule has 3 nitrogen and oxygen atoms in total. The van der Waals surface area contributed by atoms with Crippen molar-refractivity contribution >= 4 is 18.0 Å². The van der Waals surface area contributed by atoms with E-state index in [0.29, 0.717) is 10.7 Å². The summed E-state index contributed by atoms with van der Waals surface area (Å²) in [6.07, 6.45) is 1.09. The van der Waals surface area contributed by atoms with Crippen molar-refractivity contribution in [2.45, 2.75) is 33.2 Å². The van der Waals surface area contributed by atoms with E-state index in [1.54, 1.807) is 0 Å². The first kappa shape index (κ1) is 10.2. The fourth-order valence-electron chi connectivity index (χ4n) is 1.03. The van der Waals surface area contributed by atoms with Gasteiger partial charge in [0.1, 0.15) is 16.3 Å². The quantitative estimate of drug-likeness (QED) is 0.732. The summed E-state index contributed by atoms with van der Waals surface area (Å²) in [7, 11) is 0. The Labute approximate surface area is 83.6 Å². The van der Waals surface area contributed by atoms with Gasteiger partial charge in [0.15, 0.2) is 0 Å². The molecule has 0 bridgehead atoms. The number of aryl methyl sites for hydroxylation is 1. The average molecular weight is 197 g/mol. The molecule has 0 aromatic carbocycles. The fraction of sp³-hybridized carbons (Fsp3) is 0.556. The third-order valence-corrected chi connectivity index (χ3v) is 2.08. The zero-order chi connectivity index (χ0) is 9.84. The number of nitrogens with one attached hydrogen (secondary N) is 2. The van der Waals surface area contributed by atoms with E-state index >= 15 is 0 Å². The molecule has 1 aromatic rings. The first-order valence-corrected chi connectivity index (χ1v) is 4.87. The van der Waals surface area contributed by atoms with Crippen molar-refractivity contribution in [3.05, 3.63) is 16.5 Å². The molecule has 0 spiro atoms. The maximum Gasteiger partial charge on any atom is 0.131 e. The molecule has 1 heterocycles. The normalized spacial score (nSPS) is 12.5. The molecule has 0 radical (unpaired) electrons. The molecule has 0 fully saturated rings. The minimum atomic E-state index is 0.451. The Morgan fingerprint density at radius 1 is 1.69 bits per heavy atom. The Morgan fingerprint density at radius 2 is 2.38 bits per heavy atom. The summed E-state index contributed by atoms with van der Waals surface area (Å²) >= 11 is 5.01. The van der Waals surface area contributed by atoms with E-state index in [1.807, 2.05) is 13.0 Å². The summed E-state index contributed by atoms with van der Waals surface area (Å²) in [4.78, 5) is 7.21. The number of hydrogen-bond acceptors (Lipinski definition) is 3. The molecule has 0 aliphatic heterocycles. The predicted molar refractivity (Wildman–Crippen MR) is 57.5 cm³/mol. The van der Waals surface area contributed by atoms with Crippen LogP contribution in [0.5, 0.6) is 0 Å². The number of aromatic amines is 1. The maximum absolute atomic E-state index is 5.01. The van der Waals surface area contributed by atoms with Gasteiger partial charge in [-0.3, -0.25) is 0 Å². The Hall–Kier alpha value is -0.900. The van der Waals surface area contributed by atoms with E-state index in [9.17, 15) is 0 Å². The zero-order valence-electron chi connectivity index (χ0n) is 8.22. The molecule has 1 aromatic heterocycles. The van der Waals surface area contributed by atoms with Crippen molar-refractivity contribution in [2.24, 2.45) is 0 Å². The third-order valence-electron chi connectivity index (χ3n) is 1.88. The summed E-state index contributed by atoms with van der Waals surface area (Å²) in [6.45, 7) is 6.17. The lowest BCUT2D eigenvalue weighted by Gasteiger charge is -2.12. The number of nitrogens with zero attached hydrogens (tertiary/aromatic N) is 1. The van der Waals surface area contributed by atoms with Crippen molar-refractivity contribution in [3.8, 4) is 0 Å². The molecule has 0 aliphatic rings. The third kappa shape index (κ3) is 3.14. The molecular weight excluding hydrogens is 182 g/mol. The monoisotopic (exact) mass is 197 g/mol. The van der Waals surface area contributed by atoms with Crippen LogP contribution in [0, 0.1) is 11.6 Å². The highest BCUT2D eigenvalue weighted by atomic mass is 32.1. The first-order chi connectivity index (χ1) is 6.11. The molecule has 0 aliphatic carbocycles. The second-order valence-corrected chi connectivity index (χ2v) is 3.59. The van der Waals surface area contributed by atoms with Crippen LogP contribution in [0.3, 0.4) is 0 Å². The molecule has 1 unspecified atom stereocenters. The summed E-state index contributed by atoms with van der Waals surface area (Å²) < 4.78 is 0.627. The lowest BCUT2D eigenvalue weighted by Crippen LogP contribution is -2.14. The van der Waals surface area contributed by atoms with Crippen LogP contribution in [0.2, 0.25) is 0 Å². The Balaban J connectivity index is 2.83. The van der Waals surface area contributed by atoms with Crippen LogP contribution in [-0.4, -0.2) is 16.0 Å². The van der Waals surface area contributed by atoms with Crippen LogP contribution in [0.25, 0.3) is 0 Å². The SMILES string of the molecule is CCC(C)Nc1cc(=S)nc(C)[nH]1. The maximum atomic E-state index is 5.01. The van der Waals surface area contributed by atoms with Gasteiger partial charge in [0.2, 0.25) is 0 Å². The number of anilines is 1. The van der Waals surface area contributed by atoms with Crippen LogP contribution in [0.4, 0.5) is 5.82 Å². The standard InChI is InChI=1S/C9H15N3S/c1-4-6(2)10-8-5-9(13)12-7(3)11-8/h5-6H,4H2,1-3H3,(H2,10,11,12,13). The van der Waals surface area contributed by atoms with Gasteiger partial charge >= 0.3 is 0 Å². The van der Waals surface area contributed by atoms with Gasteiger partial charge in [-0.15, -0.1) is 0 Å². The molecule has 0 saturated heterocycles. The van der Waals surface area contributed by atoms with E-state index in [2.05, 4.69) is 29.1 Å². The van der Waals surface area contributed by atoms with Gasteiger partial charge in [-0.2, -0.15) is 0 Å². The highest BCUT2D eigenvalue weighted by molar-refractivity contribution is 7.71. The predicted octanol–water partition coefficient (Wildman–Crippen LogP) is 2.66. The first-order valence-electron chi connectivity index (χ1n) is 4.46. The highest BCUT2D eigenvalue weighted by Crippen LogP contribution is 2.06. The minimum Gasteiger partial charge on any atom is -0.369 e. The Kier molecular flexibility index (Phi) is 3.42. The molecule has 1 atom stereocenters. The van der Waals surface area contributed by atoms with Crippen molar-refractivity contribution in [1.82, 2.24) is 9.97 Å². The van der Waals surface area contributed by atoms with E-state index in [4.69, 9.17) is 12.2 Å². The molecular formula is C9H15N3S. The highest BCUT2D eigenvalue weighted by Gasteiger charge is 1.99. The topological polar surface area (TPSA) is 40.7 Å². The number of hydrogen-bond donors (Lipinski definition) is 2. The van der Waals surface area contributed by atoms with E-state index < -0.39 is 0 Å². The Morgan fingerprint density at radius 3 is 2.92 bits per heavy atom. The molecule has 72 valence electrons. The van der Waals surface area contributed by atoms with E-state index in [0.717, 1.165) is 18.1 Å². The molecule has 13 heavy (non-hydrogen) atoms. The van der Waals surface area contributed by atoms with Gasteiger partial charge in [-0.25, -0.2) is 4.98 Å². The van der Waals surface area contributed by atoms with Crippen molar-refractivity contribution in [2.75, 3.05) is 5.32 Å². The number of H-pyrrole nitrogens is 1. The van der Waals surface area contributed by atoms with Crippen molar-refractivity contribution in [3.63, 3.8) is 0 Å². The summed E-state index contributed by atoms with van der Waals surface area (Å²) in [5.41, 5.74) is 0. The van der Waals surface area contributed by atoms with Crippen LogP contribution < -0.4 is 5.32 Å². The van der Waals surface area contributed by atoms with Crippen LogP contribution in [0.15, 0.2) is 6.07 Å². The summed E-state index contributed by atoms with van der Waals surface area (Å²) in [6, 6.07) is 2.29. The molecule has 4 heteroatoms. The number of rotatable bonds is 3. The summed E-state index contributed by atoms with van der Waals surface area (Å²) in [5, 5.41) is 3.31. The van der Waals surface area contributed by atoms with Gasteiger partial charge in [-0.1, -0.05) is 19.1 Å². The van der Waals surface area contributed by atoms with E-state index in [-0.39, 0.29) is 0 Å². The van der Waals surface area contributed by atoms with Gasteiger partial charge in [0.05, 0.1) is 0 Å². The average Bonchev–Trinajstić information content (AvgIpc) is 2.02. The molecule has 1 rings (SSSR count). The Bertz CT molecular complexity index is 332. The second-order valence-electron chi connectivity index (χ2n) is 3.17. The fourth-order valence-corrected chi connectivity index (χ4v) is 1.28. The van der Waals surface area contributed by atoms with E-state index in [1.165, 1.54) is 0 Å². The van der Waals surface area contributed by atoms with Crippen LogP contribution >= 0.6 is 12.2 Å². The minimum absolute atomic E-state index is 0.451. The lowest BCUT2D eigenvalue weighted by molar-refractivity contribution is 0.757. The smallest absolute Gasteiger partial charge is 0.131 e. The molecule has 0 amide bonds. The van der Waals surface area contributed by atoms with Crippen molar-refractivity contribution < 1.29 is 0 Å². The van der Waals surface area contributed by atoms with Crippen LogP contribution in [-0.2, 0) is 0 Å². The zero-order valence-corrected chi connectivity index (χ0v) is 9.03. The van der Waals surface area contributed by atoms with Gasteiger partial charge in [-0.05, 0) is 20.3 Å². The second kappa shape index (κ2) is 4.37. The van der Waals surface area contributed by atoms with Gasteiger partial charge < -0.3 is 10.3 Å². The lowest BCUT2D eigenvalue weighted by atomic mass is 10.2. The van der Waals surface area contributed by atoms with Crippen molar-refractivity contribution in [1.29, 1.82) is 0 Å². The molecule has 2 N–H and O–H groups in total. The van der Waals surface area contributed by atoms with Gasteiger partial charge in [0, 0.05) is 12.1 Å². The largest absolute Gasteiger partial charge is 0.369 e. The summed E-state index contributed by atoms with van der Waals surface area (Å²) in [5.74, 6) is 1.80. The van der Waals surface area contributed by atoms with Crippen LogP contribution in [0.1, 0.15) is 26.1 Å². The number of aromatic nitrogens is 2.